The van der Waals surface area contributed by atoms with Crippen LogP contribution < -0.4 is 15.8 Å². The number of hydrogen-bond donors (Lipinski definition) is 4. The molecule has 1 heterocycles. The monoisotopic (exact) mass is 388 g/mol. The Balaban J connectivity index is 1.59. The van der Waals surface area contributed by atoms with Gasteiger partial charge in [-0.25, -0.2) is 0 Å². The summed E-state index contributed by atoms with van der Waals surface area (Å²) in [7, 11) is 0. The minimum atomic E-state index is -0.228. The van der Waals surface area contributed by atoms with Gasteiger partial charge in [0.2, 0.25) is 0 Å². The maximum Gasteiger partial charge on any atom is 0.251 e. The van der Waals surface area contributed by atoms with Crippen LogP contribution in [0.5, 0.6) is 5.75 Å². The Hall–Kier alpha value is -4.13. The number of amidine groups is 1. The highest BCUT2D eigenvalue weighted by atomic mass is 16.5. The summed E-state index contributed by atoms with van der Waals surface area (Å²) in [4.78, 5) is 12.3. The number of carbonyl (C=O) groups is 1. The van der Waals surface area contributed by atoms with Crippen molar-refractivity contribution in [3.8, 4) is 16.9 Å². The van der Waals surface area contributed by atoms with Gasteiger partial charge in [-0.15, -0.1) is 0 Å². The first-order chi connectivity index (χ1) is 13.9. The lowest BCUT2D eigenvalue weighted by molar-refractivity contribution is -0.605. The van der Waals surface area contributed by atoms with Crippen molar-refractivity contribution >= 4 is 17.8 Å². The molecule has 0 aliphatic heterocycles. The molecular formula is C22H20N4O3. The van der Waals surface area contributed by atoms with Crippen LogP contribution in [0.2, 0.25) is 0 Å². The SMILES string of the molecule is N=C(N)c1ccc(O)c(C=CCNC(=O)c2ccc(-c3cc[n+]([O-])cc3)cc2)c1. The Labute approximate surface area is 167 Å². The summed E-state index contributed by atoms with van der Waals surface area (Å²) in [5.74, 6) is -0.246. The zero-order valence-corrected chi connectivity index (χ0v) is 15.5. The number of rotatable bonds is 6. The molecule has 29 heavy (non-hydrogen) atoms. The average molecular weight is 388 g/mol. The van der Waals surface area contributed by atoms with Crippen LogP contribution >= 0.6 is 0 Å². The highest BCUT2D eigenvalue weighted by molar-refractivity contribution is 5.96. The molecule has 0 saturated carbocycles. The van der Waals surface area contributed by atoms with E-state index < -0.39 is 0 Å². The first kappa shape index (κ1) is 19.6. The van der Waals surface area contributed by atoms with E-state index in [0.717, 1.165) is 15.9 Å². The summed E-state index contributed by atoms with van der Waals surface area (Å²) < 4.78 is 0.717. The molecule has 0 saturated heterocycles. The Bertz CT molecular complexity index is 1060. The number of hydrogen-bond acceptors (Lipinski definition) is 4. The topological polar surface area (TPSA) is 126 Å². The molecule has 2 aromatic carbocycles. The van der Waals surface area contributed by atoms with E-state index in [1.165, 1.54) is 18.5 Å². The van der Waals surface area contributed by atoms with Crippen LogP contribution in [0, 0.1) is 10.6 Å². The third-order valence-corrected chi connectivity index (χ3v) is 4.30. The number of benzene rings is 2. The van der Waals surface area contributed by atoms with Gasteiger partial charge in [0, 0.05) is 35.4 Å². The summed E-state index contributed by atoms with van der Waals surface area (Å²) in [6.45, 7) is 0.270. The summed E-state index contributed by atoms with van der Waals surface area (Å²) in [5.41, 5.74) is 8.78. The molecule has 0 spiro atoms. The molecule has 0 aliphatic carbocycles. The van der Waals surface area contributed by atoms with E-state index in [-0.39, 0.29) is 24.0 Å². The summed E-state index contributed by atoms with van der Waals surface area (Å²) >= 11 is 0. The summed E-state index contributed by atoms with van der Waals surface area (Å²) in [5, 5.41) is 31.2. The Morgan fingerprint density at radius 1 is 1.07 bits per heavy atom. The van der Waals surface area contributed by atoms with Gasteiger partial charge in [0.05, 0.1) is 0 Å². The minimum Gasteiger partial charge on any atom is -0.619 e. The van der Waals surface area contributed by atoms with Crippen molar-refractivity contribution in [2.75, 3.05) is 6.54 Å². The quantitative estimate of drug-likeness (QED) is 0.224. The molecule has 0 aliphatic rings. The molecule has 0 radical (unpaired) electrons. The van der Waals surface area contributed by atoms with E-state index in [1.54, 1.807) is 48.6 Å². The largest absolute Gasteiger partial charge is 0.619 e. The normalized spacial score (nSPS) is 10.8. The van der Waals surface area contributed by atoms with Crippen LogP contribution in [-0.2, 0) is 0 Å². The van der Waals surface area contributed by atoms with Gasteiger partial charge in [-0.05, 0) is 41.5 Å². The first-order valence-electron chi connectivity index (χ1n) is 8.85. The molecular weight excluding hydrogens is 368 g/mol. The van der Waals surface area contributed by atoms with Gasteiger partial charge in [0.15, 0.2) is 12.4 Å². The van der Waals surface area contributed by atoms with Crippen molar-refractivity contribution in [3.05, 3.63) is 95.0 Å². The summed E-state index contributed by atoms with van der Waals surface area (Å²) in [6, 6.07) is 15.1. The number of pyridine rings is 1. The van der Waals surface area contributed by atoms with Crippen molar-refractivity contribution in [2.45, 2.75) is 0 Å². The number of nitrogens with two attached hydrogens (primary N) is 1. The van der Waals surface area contributed by atoms with E-state index in [1.807, 2.05) is 12.1 Å². The molecule has 5 N–H and O–H groups in total. The maximum absolute atomic E-state index is 12.3. The predicted molar refractivity (Wildman–Crippen MR) is 111 cm³/mol. The van der Waals surface area contributed by atoms with Crippen molar-refractivity contribution in [1.82, 2.24) is 5.32 Å². The molecule has 1 aromatic heterocycles. The maximum atomic E-state index is 12.3. The van der Waals surface area contributed by atoms with Gasteiger partial charge < -0.3 is 21.4 Å². The fraction of sp³-hybridized carbons (Fsp3) is 0.0455. The average Bonchev–Trinajstić information content (AvgIpc) is 2.72. The Morgan fingerprint density at radius 2 is 1.69 bits per heavy atom. The molecule has 7 heteroatoms. The molecule has 0 fully saturated rings. The number of aromatic hydroxyl groups is 1. The number of nitrogen functional groups attached to an aromatic ring is 1. The van der Waals surface area contributed by atoms with Crippen LogP contribution in [0.15, 0.2) is 73.1 Å². The second kappa shape index (κ2) is 8.71. The third kappa shape index (κ3) is 4.98. The number of nitrogens with one attached hydrogen (secondary N) is 2. The lowest BCUT2D eigenvalue weighted by Crippen LogP contribution is -2.23. The number of carbonyl (C=O) groups excluding carboxylic acids is 1. The number of aromatic nitrogens is 1. The van der Waals surface area contributed by atoms with Crippen LogP contribution in [0.1, 0.15) is 21.5 Å². The molecule has 0 unspecified atom stereocenters. The molecule has 7 nitrogen and oxygen atoms in total. The molecule has 1 amide bonds. The highest BCUT2D eigenvalue weighted by Crippen LogP contribution is 2.20. The van der Waals surface area contributed by atoms with Gasteiger partial charge in [-0.1, -0.05) is 24.3 Å². The molecule has 0 bridgehead atoms. The lowest BCUT2D eigenvalue weighted by atomic mass is 10.0. The van der Waals surface area contributed by atoms with Crippen LogP contribution in [-0.4, -0.2) is 23.4 Å². The fourth-order valence-corrected chi connectivity index (χ4v) is 2.71. The molecule has 3 rings (SSSR count). The number of nitrogens with zero attached hydrogens (tertiary/aromatic N) is 1. The lowest BCUT2D eigenvalue weighted by Gasteiger charge is -2.06. The highest BCUT2D eigenvalue weighted by Gasteiger charge is 2.06. The van der Waals surface area contributed by atoms with Gasteiger partial charge >= 0.3 is 0 Å². The number of amides is 1. The van der Waals surface area contributed by atoms with Crippen LogP contribution in [0.3, 0.4) is 0 Å². The van der Waals surface area contributed by atoms with Crippen molar-refractivity contribution in [1.29, 1.82) is 5.41 Å². The smallest absolute Gasteiger partial charge is 0.251 e. The van der Waals surface area contributed by atoms with Crippen LogP contribution in [0.4, 0.5) is 0 Å². The predicted octanol–water partition coefficient (Wildman–Crippen LogP) is 2.42. The summed E-state index contributed by atoms with van der Waals surface area (Å²) in [6.07, 6.45) is 6.20. The van der Waals surface area contributed by atoms with Crippen molar-refractivity contribution in [2.24, 2.45) is 5.73 Å². The van der Waals surface area contributed by atoms with Gasteiger partial charge in [0.1, 0.15) is 11.6 Å². The Kier molecular flexibility index (Phi) is 5.89. The fourth-order valence-electron chi connectivity index (χ4n) is 2.71. The van der Waals surface area contributed by atoms with E-state index in [0.29, 0.717) is 16.7 Å². The van der Waals surface area contributed by atoms with Gasteiger partial charge in [-0.2, -0.15) is 4.73 Å². The first-order valence-corrected chi connectivity index (χ1v) is 8.85. The second-order valence-electron chi connectivity index (χ2n) is 6.32. The molecule has 146 valence electrons. The Morgan fingerprint density at radius 3 is 2.34 bits per heavy atom. The van der Waals surface area contributed by atoms with E-state index >= 15 is 0 Å². The molecule has 0 atom stereocenters. The van der Waals surface area contributed by atoms with Gasteiger partial charge in [-0.3, -0.25) is 10.2 Å². The zero-order valence-electron chi connectivity index (χ0n) is 15.5. The van der Waals surface area contributed by atoms with Crippen LogP contribution in [0.25, 0.3) is 17.2 Å². The van der Waals surface area contributed by atoms with Crippen molar-refractivity contribution < 1.29 is 14.6 Å². The van der Waals surface area contributed by atoms with E-state index in [2.05, 4.69) is 5.32 Å². The molecule has 3 aromatic rings. The second-order valence-corrected chi connectivity index (χ2v) is 6.32. The number of phenols is 1. The van der Waals surface area contributed by atoms with Gasteiger partial charge in [0.25, 0.3) is 5.91 Å². The van der Waals surface area contributed by atoms with E-state index in [4.69, 9.17) is 11.1 Å². The standard InChI is InChI=1S/C22H20N4O3/c23-21(24)19-7-8-20(27)18(14-19)2-1-11-25-22(28)17-5-3-15(4-6-17)16-9-12-26(29)13-10-16/h1-10,12-14,27H,11H2,(H3,23,24)(H,25,28). The minimum absolute atomic E-state index is 0.0663. The zero-order chi connectivity index (χ0) is 20.8. The van der Waals surface area contributed by atoms with E-state index in [9.17, 15) is 15.1 Å². The third-order valence-electron chi connectivity index (χ3n) is 4.30. The number of phenolic OH excluding ortho intramolecular Hbond substituents is 1. The van der Waals surface area contributed by atoms with Crippen molar-refractivity contribution in [3.63, 3.8) is 0 Å².